The summed E-state index contributed by atoms with van der Waals surface area (Å²) in [7, 11) is 0. The average Bonchev–Trinajstić information content (AvgIpc) is 2.92. The van der Waals surface area contributed by atoms with E-state index in [1.807, 2.05) is 25.1 Å². The number of carbonyl (C=O) groups is 1. The first-order valence-electron chi connectivity index (χ1n) is 6.82. The summed E-state index contributed by atoms with van der Waals surface area (Å²) in [6, 6.07) is 9.76. The van der Waals surface area contributed by atoms with Crippen LogP contribution in [0, 0.1) is 6.92 Å². The zero-order valence-corrected chi connectivity index (χ0v) is 13.8. The average molecular weight is 333 g/mol. The number of aryl methyl sites for hydroxylation is 1. The monoisotopic (exact) mass is 333 g/mol. The molecule has 0 spiro atoms. The summed E-state index contributed by atoms with van der Waals surface area (Å²) in [6.07, 6.45) is 0. The Hall–Kier alpha value is -1.73. The molecule has 5 nitrogen and oxygen atoms in total. The third kappa shape index (κ3) is 3.53. The molecule has 1 aromatic heterocycles. The van der Waals surface area contributed by atoms with Crippen LogP contribution < -0.4 is 5.32 Å². The van der Waals surface area contributed by atoms with E-state index in [9.17, 15) is 4.79 Å². The molecule has 2 heterocycles. The number of hydrogen-bond donors (Lipinski definition) is 1. The molecule has 1 amide bonds. The molecule has 1 atom stereocenters. The third-order valence-corrected chi connectivity index (χ3v) is 5.38. The normalized spacial score (nSPS) is 14.9. The highest BCUT2D eigenvalue weighted by molar-refractivity contribution is 8.39. The molecule has 1 aliphatic heterocycles. The van der Waals surface area contributed by atoms with E-state index >= 15 is 0 Å². The van der Waals surface area contributed by atoms with Gasteiger partial charge in [-0.15, -0.1) is 0 Å². The summed E-state index contributed by atoms with van der Waals surface area (Å²) in [4.78, 5) is 16.8. The number of para-hydroxylation sites is 1. The van der Waals surface area contributed by atoms with Crippen molar-refractivity contribution in [2.24, 2.45) is 4.99 Å². The molecule has 0 bridgehead atoms. The molecule has 0 saturated carbocycles. The van der Waals surface area contributed by atoms with Gasteiger partial charge in [0.25, 0.3) is 0 Å². The fraction of sp³-hybridized carbons (Fsp3) is 0.267. The Bertz CT molecular complexity index is 727. The standard InChI is InChI=1S/C15H15N3O2S2/c1-9-7-13(18-20-9)17-14(19)10(2)22-15-16-12-6-4-3-5-11(12)8-21-15/h3-7,10H,8H2,1-2H3,(H,17,18,19)/t10-/m0/s1. The fourth-order valence-corrected chi connectivity index (χ4v) is 4.12. The summed E-state index contributed by atoms with van der Waals surface area (Å²) < 4.78 is 5.85. The number of fused-ring (bicyclic) bond motifs is 1. The fourth-order valence-electron chi connectivity index (χ4n) is 1.93. The number of amides is 1. The van der Waals surface area contributed by atoms with Gasteiger partial charge in [0.15, 0.2) is 5.82 Å². The van der Waals surface area contributed by atoms with Crippen molar-refractivity contribution in [1.82, 2.24) is 5.16 Å². The van der Waals surface area contributed by atoms with E-state index < -0.39 is 0 Å². The smallest absolute Gasteiger partial charge is 0.238 e. The zero-order chi connectivity index (χ0) is 15.5. The highest BCUT2D eigenvalue weighted by atomic mass is 32.2. The van der Waals surface area contributed by atoms with Gasteiger partial charge in [-0.3, -0.25) is 4.79 Å². The molecule has 7 heteroatoms. The highest BCUT2D eigenvalue weighted by Gasteiger charge is 2.20. The lowest BCUT2D eigenvalue weighted by molar-refractivity contribution is -0.115. The number of rotatable bonds is 3. The van der Waals surface area contributed by atoms with Crippen molar-refractivity contribution in [3.05, 3.63) is 41.7 Å². The molecule has 114 valence electrons. The molecule has 0 radical (unpaired) electrons. The van der Waals surface area contributed by atoms with E-state index in [0.717, 1.165) is 15.8 Å². The van der Waals surface area contributed by atoms with Gasteiger partial charge in [-0.2, -0.15) is 0 Å². The van der Waals surface area contributed by atoms with Crippen molar-refractivity contribution in [2.45, 2.75) is 24.9 Å². The molecule has 22 heavy (non-hydrogen) atoms. The molecular formula is C15H15N3O2S2. The lowest BCUT2D eigenvalue weighted by Gasteiger charge is -2.16. The summed E-state index contributed by atoms with van der Waals surface area (Å²) >= 11 is 3.12. The van der Waals surface area contributed by atoms with Crippen molar-refractivity contribution in [3.8, 4) is 0 Å². The first kappa shape index (κ1) is 15.2. The Morgan fingerprint density at radius 2 is 2.27 bits per heavy atom. The van der Waals surface area contributed by atoms with E-state index in [-0.39, 0.29) is 11.2 Å². The molecule has 0 unspecified atom stereocenters. The Kier molecular flexibility index (Phi) is 4.54. The highest BCUT2D eigenvalue weighted by Crippen LogP contribution is 2.35. The second-order valence-electron chi connectivity index (χ2n) is 4.87. The van der Waals surface area contributed by atoms with Crippen molar-refractivity contribution in [1.29, 1.82) is 0 Å². The number of aliphatic imine (C=N–C) groups is 1. The number of hydrogen-bond acceptors (Lipinski definition) is 6. The zero-order valence-electron chi connectivity index (χ0n) is 12.2. The van der Waals surface area contributed by atoms with Crippen LogP contribution in [0.5, 0.6) is 0 Å². The number of anilines is 1. The Balaban J connectivity index is 1.63. The Morgan fingerprint density at radius 1 is 1.45 bits per heavy atom. The summed E-state index contributed by atoms with van der Waals surface area (Å²) in [5.41, 5.74) is 2.22. The van der Waals surface area contributed by atoms with Gasteiger partial charge in [-0.1, -0.05) is 46.9 Å². The first-order valence-corrected chi connectivity index (χ1v) is 8.68. The maximum atomic E-state index is 12.2. The topological polar surface area (TPSA) is 67.5 Å². The van der Waals surface area contributed by atoms with Gasteiger partial charge in [0.05, 0.1) is 10.9 Å². The number of nitrogens with zero attached hydrogens (tertiary/aromatic N) is 2. The van der Waals surface area contributed by atoms with Gasteiger partial charge in [-0.05, 0) is 25.5 Å². The molecule has 0 fully saturated rings. The molecule has 0 saturated heterocycles. The number of benzene rings is 1. The number of aromatic nitrogens is 1. The van der Waals surface area contributed by atoms with Crippen molar-refractivity contribution in [2.75, 3.05) is 5.32 Å². The molecular weight excluding hydrogens is 318 g/mol. The molecule has 0 aliphatic carbocycles. The third-order valence-electron chi connectivity index (χ3n) is 3.08. The van der Waals surface area contributed by atoms with Crippen LogP contribution >= 0.6 is 23.5 Å². The van der Waals surface area contributed by atoms with Crippen LogP contribution in [0.1, 0.15) is 18.2 Å². The summed E-state index contributed by atoms with van der Waals surface area (Å²) in [6.45, 7) is 3.64. The van der Waals surface area contributed by atoms with Crippen molar-refractivity contribution >= 4 is 45.3 Å². The lowest BCUT2D eigenvalue weighted by Crippen LogP contribution is -2.23. The van der Waals surface area contributed by atoms with E-state index in [1.165, 1.54) is 17.3 Å². The molecule has 1 aliphatic rings. The van der Waals surface area contributed by atoms with Crippen LogP contribution in [0.4, 0.5) is 11.5 Å². The minimum atomic E-state index is -0.256. The Morgan fingerprint density at radius 3 is 3.05 bits per heavy atom. The number of nitrogens with one attached hydrogen (secondary N) is 1. The van der Waals surface area contributed by atoms with Crippen LogP contribution in [-0.2, 0) is 10.5 Å². The summed E-state index contributed by atoms with van der Waals surface area (Å²) in [5, 5.41) is 6.25. The van der Waals surface area contributed by atoms with Gasteiger partial charge in [-0.25, -0.2) is 4.99 Å². The number of carbonyl (C=O) groups excluding carboxylic acids is 1. The molecule has 1 aromatic carbocycles. The number of thioether (sulfide) groups is 2. The molecule has 2 aromatic rings. The van der Waals surface area contributed by atoms with Crippen LogP contribution in [0.3, 0.4) is 0 Å². The van der Waals surface area contributed by atoms with Gasteiger partial charge in [0, 0.05) is 11.8 Å². The van der Waals surface area contributed by atoms with Crippen LogP contribution in [-0.4, -0.2) is 20.7 Å². The van der Waals surface area contributed by atoms with Gasteiger partial charge >= 0.3 is 0 Å². The van der Waals surface area contributed by atoms with Gasteiger partial charge in [0.2, 0.25) is 5.91 Å². The van der Waals surface area contributed by atoms with Crippen molar-refractivity contribution in [3.63, 3.8) is 0 Å². The maximum absolute atomic E-state index is 12.2. The van der Waals surface area contributed by atoms with E-state index in [4.69, 9.17) is 4.52 Å². The van der Waals surface area contributed by atoms with Gasteiger partial charge in [0.1, 0.15) is 10.1 Å². The molecule has 3 rings (SSSR count). The van der Waals surface area contributed by atoms with Crippen molar-refractivity contribution < 1.29 is 9.32 Å². The predicted octanol–water partition coefficient (Wildman–Crippen LogP) is 3.98. The SMILES string of the molecule is Cc1cc(NC(=O)[C@H](C)SC2=Nc3ccccc3CS2)no1. The Labute approximate surface area is 136 Å². The van der Waals surface area contributed by atoms with E-state index in [0.29, 0.717) is 11.6 Å². The van der Waals surface area contributed by atoms with E-state index in [2.05, 4.69) is 21.5 Å². The lowest BCUT2D eigenvalue weighted by atomic mass is 10.2. The van der Waals surface area contributed by atoms with Crippen LogP contribution in [0.25, 0.3) is 0 Å². The van der Waals surface area contributed by atoms with E-state index in [1.54, 1.807) is 24.8 Å². The quantitative estimate of drug-likeness (QED) is 0.920. The van der Waals surface area contributed by atoms with Crippen LogP contribution in [0.2, 0.25) is 0 Å². The maximum Gasteiger partial charge on any atom is 0.238 e. The largest absolute Gasteiger partial charge is 0.360 e. The second kappa shape index (κ2) is 6.58. The first-order chi connectivity index (χ1) is 10.6. The second-order valence-corrected chi connectivity index (χ2v) is 7.42. The van der Waals surface area contributed by atoms with Crippen LogP contribution in [0.15, 0.2) is 39.8 Å². The molecule has 1 N–H and O–H groups in total. The van der Waals surface area contributed by atoms with Gasteiger partial charge < -0.3 is 9.84 Å². The minimum absolute atomic E-state index is 0.111. The summed E-state index contributed by atoms with van der Waals surface area (Å²) in [5.74, 6) is 1.89. The predicted molar refractivity (Wildman–Crippen MR) is 91.8 cm³/mol. The minimum Gasteiger partial charge on any atom is -0.360 e.